The number of nitrogens with zero attached hydrogens (tertiary/aromatic N) is 2. The normalized spacial score (nSPS) is 26.5. The molecule has 98 valence electrons. The van der Waals surface area contributed by atoms with Crippen molar-refractivity contribution in [3.63, 3.8) is 0 Å². The third-order valence-electron chi connectivity index (χ3n) is 3.24. The second kappa shape index (κ2) is 5.54. The first-order valence-electron chi connectivity index (χ1n) is 5.53. The fourth-order valence-electron chi connectivity index (χ4n) is 2.36. The predicted octanol–water partition coefficient (Wildman–Crippen LogP) is 1.24. The van der Waals surface area contributed by atoms with E-state index in [1.54, 1.807) is 6.92 Å². The molecule has 0 aromatic carbocycles. The molecule has 1 N–H and O–H groups in total. The molecule has 0 aromatic heterocycles. The molecule has 1 fully saturated rings. The van der Waals surface area contributed by atoms with E-state index in [1.165, 1.54) is 12.0 Å². The Kier molecular flexibility index (Phi) is 4.32. The fraction of sp³-hybridized carbons (Fsp3) is 0.583. The van der Waals surface area contributed by atoms with E-state index < -0.39 is 24.0 Å². The van der Waals surface area contributed by atoms with Gasteiger partial charge in [-0.25, -0.2) is 4.79 Å². The van der Waals surface area contributed by atoms with Crippen molar-refractivity contribution < 1.29 is 19.4 Å². The summed E-state index contributed by atoms with van der Waals surface area (Å²) in [6.45, 7) is 5.85. The van der Waals surface area contributed by atoms with E-state index in [0.29, 0.717) is 0 Å². The molecule has 1 heterocycles. The van der Waals surface area contributed by atoms with Crippen LogP contribution in [0, 0.1) is 23.2 Å². The molecule has 18 heavy (non-hydrogen) atoms. The molecular formula is C12H16N2O4. The summed E-state index contributed by atoms with van der Waals surface area (Å²) in [7, 11) is 1.23. The first-order chi connectivity index (χ1) is 8.42. The van der Waals surface area contributed by atoms with E-state index >= 15 is 0 Å². The Balaban J connectivity index is 3.02. The molecule has 1 rings (SSSR count). The van der Waals surface area contributed by atoms with Gasteiger partial charge in [-0.15, -0.1) is 0 Å². The maximum atomic E-state index is 11.6. The van der Waals surface area contributed by atoms with E-state index in [1.807, 2.05) is 6.07 Å². The van der Waals surface area contributed by atoms with Crippen molar-refractivity contribution in [2.45, 2.75) is 19.4 Å². The summed E-state index contributed by atoms with van der Waals surface area (Å²) in [5.74, 6) is -1.62. The highest BCUT2D eigenvalue weighted by molar-refractivity contribution is 5.71. The summed E-state index contributed by atoms with van der Waals surface area (Å²) in [6, 6.07) is 1.21. The van der Waals surface area contributed by atoms with Crippen molar-refractivity contribution in [1.29, 1.82) is 5.26 Å². The van der Waals surface area contributed by atoms with E-state index in [4.69, 9.17) is 10.4 Å². The molecule has 1 aliphatic rings. The summed E-state index contributed by atoms with van der Waals surface area (Å²) < 4.78 is 4.61. The third kappa shape index (κ3) is 2.62. The first kappa shape index (κ1) is 14.0. The molecule has 0 aromatic rings. The Morgan fingerprint density at radius 3 is 2.61 bits per heavy atom. The van der Waals surface area contributed by atoms with Crippen molar-refractivity contribution in [1.82, 2.24) is 4.90 Å². The van der Waals surface area contributed by atoms with Crippen molar-refractivity contribution in [3.8, 4) is 6.07 Å². The zero-order chi connectivity index (χ0) is 13.9. The Bertz CT molecular complexity index is 413. The smallest absolute Gasteiger partial charge is 0.410 e. The molecule has 1 unspecified atom stereocenters. The van der Waals surface area contributed by atoms with E-state index in [2.05, 4.69) is 11.3 Å². The van der Waals surface area contributed by atoms with Gasteiger partial charge in [0, 0.05) is 18.4 Å². The second-order valence-electron chi connectivity index (χ2n) is 4.41. The van der Waals surface area contributed by atoms with Gasteiger partial charge in [0.15, 0.2) is 0 Å². The van der Waals surface area contributed by atoms with Crippen LogP contribution in [0.3, 0.4) is 0 Å². The molecule has 3 atom stereocenters. The van der Waals surface area contributed by atoms with Crippen molar-refractivity contribution in [2.24, 2.45) is 11.8 Å². The van der Waals surface area contributed by atoms with Gasteiger partial charge in [0.25, 0.3) is 0 Å². The molecular weight excluding hydrogens is 236 g/mol. The molecule has 6 nitrogen and oxygen atoms in total. The number of carboxylic acids is 1. The number of carboxylic acid groups (broad SMARTS) is 1. The molecule has 1 aliphatic heterocycles. The SMILES string of the molecule is C=C(C)[C@H]1CN(C(=O)OC)C(C#N)[C@H]1CC(=O)O. The van der Waals surface area contributed by atoms with Gasteiger partial charge >= 0.3 is 12.1 Å². The van der Waals surface area contributed by atoms with E-state index in [9.17, 15) is 9.59 Å². The predicted molar refractivity (Wildman–Crippen MR) is 62.6 cm³/mol. The third-order valence-corrected chi connectivity index (χ3v) is 3.24. The van der Waals surface area contributed by atoms with Crippen molar-refractivity contribution in [3.05, 3.63) is 12.2 Å². The quantitative estimate of drug-likeness (QED) is 0.763. The lowest BCUT2D eigenvalue weighted by molar-refractivity contribution is -0.138. The highest BCUT2D eigenvalue weighted by Gasteiger charge is 2.45. The number of hydrogen-bond acceptors (Lipinski definition) is 4. The van der Waals surface area contributed by atoms with Crippen LogP contribution in [-0.4, -0.2) is 41.8 Å². The van der Waals surface area contributed by atoms with Gasteiger partial charge in [-0.05, 0) is 6.92 Å². The average molecular weight is 252 g/mol. The van der Waals surface area contributed by atoms with Gasteiger partial charge in [0.2, 0.25) is 0 Å². The Hall–Kier alpha value is -2.03. The molecule has 0 aliphatic carbocycles. The minimum Gasteiger partial charge on any atom is -0.481 e. The Labute approximate surface area is 105 Å². The monoisotopic (exact) mass is 252 g/mol. The van der Waals surface area contributed by atoms with Crippen LogP contribution in [0.1, 0.15) is 13.3 Å². The number of hydrogen-bond donors (Lipinski definition) is 1. The van der Waals surface area contributed by atoms with Crippen LogP contribution in [0.2, 0.25) is 0 Å². The van der Waals surface area contributed by atoms with Gasteiger partial charge < -0.3 is 9.84 Å². The lowest BCUT2D eigenvalue weighted by Gasteiger charge is -2.20. The molecule has 1 saturated heterocycles. The van der Waals surface area contributed by atoms with Crippen LogP contribution in [-0.2, 0) is 9.53 Å². The maximum Gasteiger partial charge on any atom is 0.410 e. The Morgan fingerprint density at radius 1 is 1.61 bits per heavy atom. The van der Waals surface area contributed by atoms with Gasteiger partial charge in [0.1, 0.15) is 6.04 Å². The number of methoxy groups -OCH3 is 1. The van der Waals surface area contributed by atoms with Crippen molar-refractivity contribution in [2.75, 3.05) is 13.7 Å². The molecule has 0 saturated carbocycles. The van der Waals surface area contributed by atoms with Crippen LogP contribution in [0.25, 0.3) is 0 Å². The number of aliphatic carboxylic acids is 1. The number of rotatable bonds is 3. The summed E-state index contributed by atoms with van der Waals surface area (Å²) in [6.07, 6.45) is -0.774. The van der Waals surface area contributed by atoms with Crippen LogP contribution < -0.4 is 0 Å². The molecule has 0 bridgehead atoms. The van der Waals surface area contributed by atoms with E-state index in [-0.39, 0.29) is 18.9 Å². The molecule has 6 heteroatoms. The van der Waals surface area contributed by atoms with Gasteiger partial charge in [0.05, 0.1) is 19.6 Å². The maximum absolute atomic E-state index is 11.6. The largest absolute Gasteiger partial charge is 0.481 e. The first-order valence-corrected chi connectivity index (χ1v) is 5.53. The number of carbonyl (C=O) groups excluding carboxylic acids is 1. The second-order valence-corrected chi connectivity index (χ2v) is 4.41. The van der Waals surface area contributed by atoms with E-state index in [0.717, 1.165) is 5.57 Å². The van der Waals surface area contributed by atoms with Crippen LogP contribution in [0.5, 0.6) is 0 Å². The summed E-state index contributed by atoms with van der Waals surface area (Å²) >= 11 is 0. The number of amides is 1. The minimum absolute atomic E-state index is 0.163. The number of likely N-dealkylation sites (tertiary alicyclic amines) is 1. The number of ether oxygens (including phenoxy) is 1. The lowest BCUT2D eigenvalue weighted by atomic mass is 9.84. The van der Waals surface area contributed by atoms with Crippen LogP contribution >= 0.6 is 0 Å². The highest BCUT2D eigenvalue weighted by Crippen LogP contribution is 2.36. The standard InChI is InChI=1S/C12H16N2O4/c1-7(2)9-6-14(12(17)18-3)10(5-13)8(9)4-11(15)16/h8-10H,1,4,6H2,2-3H3,(H,15,16)/t8-,9+,10?/m0/s1. The van der Waals surface area contributed by atoms with Crippen LogP contribution in [0.15, 0.2) is 12.2 Å². The zero-order valence-corrected chi connectivity index (χ0v) is 10.4. The molecule has 1 amide bonds. The summed E-state index contributed by atoms with van der Waals surface area (Å²) in [4.78, 5) is 23.7. The number of nitriles is 1. The van der Waals surface area contributed by atoms with Crippen molar-refractivity contribution >= 4 is 12.1 Å². The average Bonchev–Trinajstić information content (AvgIpc) is 2.65. The van der Waals surface area contributed by atoms with Gasteiger partial charge in [-0.1, -0.05) is 12.2 Å². The molecule has 0 radical (unpaired) electrons. The minimum atomic E-state index is -0.988. The molecule has 0 spiro atoms. The highest BCUT2D eigenvalue weighted by atomic mass is 16.5. The number of carbonyl (C=O) groups is 2. The van der Waals surface area contributed by atoms with Crippen LogP contribution in [0.4, 0.5) is 4.79 Å². The lowest BCUT2D eigenvalue weighted by Crippen LogP contribution is -2.37. The Morgan fingerprint density at radius 2 is 2.22 bits per heavy atom. The zero-order valence-electron chi connectivity index (χ0n) is 10.4. The van der Waals surface area contributed by atoms with Gasteiger partial charge in [-0.2, -0.15) is 5.26 Å². The summed E-state index contributed by atoms with van der Waals surface area (Å²) in [5.41, 5.74) is 0.771. The summed E-state index contributed by atoms with van der Waals surface area (Å²) in [5, 5.41) is 18.0. The topological polar surface area (TPSA) is 90.6 Å². The van der Waals surface area contributed by atoms with Gasteiger partial charge in [-0.3, -0.25) is 9.69 Å². The fourth-order valence-corrected chi connectivity index (χ4v) is 2.36.